The van der Waals surface area contributed by atoms with E-state index in [9.17, 15) is 18.0 Å². The van der Waals surface area contributed by atoms with Gasteiger partial charge in [0.2, 0.25) is 0 Å². The van der Waals surface area contributed by atoms with Gasteiger partial charge in [-0.15, -0.1) is 13.2 Å². The van der Waals surface area contributed by atoms with E-state index in [0.29, 0.717) is 0 Å². The number of alkyl halides is 3. The molecule has 7 heteroatoms. The topological polar surface area (TPSA) is 60.9 Å². The van der Waals surface area contributed by atoms with Gasteiger partial charge in [-0.2, -0.15) is 9.78 Å². The maximum absolute atomic E-state index is 12.5. The second-order valence-corrected chi connectivity index (χ2v) is 3.11. The molecule has 0 saturated carbocycles. The minimum atomic E-state index is -4.67. The Kier molecular flexibility index (Phi) is 2.11. The van der Waals surface area contributed by atoms with E-state index in [0.717, 1.165) is 0 Å². The highest BCUT2D eigenvalue weighted by molar-refractivity contribution is 6.04. The Morgan fingerprint density at radius 2 is 1.94 bits per heavy atom. The van der Waals surface area contributed by atoms with Gasteiger partial charge in [0.15, 0.2) is 5.69 Å². The van der Waals surface area contributed by atoms with Crippen molar-refractivity contribution in [3.8, 4) is 0 Å². The monoisotopic (exact) mass is 229 g/mol. The van der Waals surface area contributed by atoms with Crippen LogP contribution in [0.2, 0.25) is 0 Å². The highest BCUT2D eigenvalue weighted by Gasteiger charge is 2.35. The molecule has 84 valence electrons. The van der Waals surface area contributed by atoms with Crippen LogP contribution < -0.4 is 5.73 Å². The number of halogens is 3. The summed E-state index contributed by atoms with van der Waals surface area (Å²) in [6, 6.07) is 5.53. The van der Waals surface area contributed by atoms with Crippen LogP contribution in [0.5, 0.6) is 0 Å². The predicted octanol–water partition coefficient (Wildman–Crippen LogP) is 1.61. The number of fused-ring (bicyclic) bond motifs is 1. The van der Waals surface area contributed by atoms with E-state index in [1.165, 1.54) is 24.3 Å². The van der Waals surface area contributed by atoms with E-state index < -0.39 is 12.2 Å². The fraction of sp³-hybridized carbons (Fsp3) is 0.111. The van der Waals surface area contributed by atoms with Crippen molar-refractivity contribution in [3.63, 3.8) is 0 Å². The predicted molar refractivity (Wildman–Crippen MR) is 49.5 cm³/mol. The Hall–Kier alpha value is -2.05. The van der Waals surface area contributed by atoms with Gasteiger partial charge in [0.1, 0.15) is 0 Å². The molecule has 0 bridgehead atoms. The summed E-state index contributed by atoms with van der Waals surface area (Å²) in [5, 5.41) is 3.27. The fourth-order valence-electron chi connectivity index (χ4n) is 1.44. The second-order valence-electron chi connectivity index (χ2n) is 3.11. The summed E-state index contributed by atoms with van der Waals surface area (Å²) in [6.45, 7) is 0. The van der Waals surface area contributed by atoms with Gasteiger partial charge in [0.25, 0.3) is 5.91 Å². The van der Waals surface area contributed by atoms with E-state index in [2.05, 4.69) is 5.10 Å². The number of benzene rings is 1. The lowest BCUT2D eigenvalue weighted by molar-refractivity contribution is -0.209. The molecule has 1 aromatic carbocycles. The average molecular weight is 229 g/mol. The SMILES string of the molecule is NC(=O)c1nn(C(F)(F)F)c2ccccc12. The minimum Gasteiger partial charge on any atom is -0.364 e. The molecule has 2 aromatic rings. The smallest absolute Gasteiger partial charge is 0.364 e. The van der Waals surface area contributed by atoms with Crippen molar-refractivity contribution in [2.45, 2.75) is 6.30 Å². The first-order chi connectivity index (χ1) is 7.41. The van der Waals surface area contributed by atoms with Gasteiger partial charge in [0, 0.05) is 5.39 Å². The summed E-state index contributed by atoms with van der Waals surface area (Å²) in [5.41, 5.74) is 4.38. The van der Waals surface area contributed by atoms with E-state index in [1.54, 1.807) is 0 Å². The Labute approximate surface area is 87.4 Å². The van der Waals surface area contributed by atoms with Crippen molar-refractivity contribution in [1.82, 2.24) is 9.78 Å². The first kappa shape index (κ1) is 10.5. The normalized spacial score (nSPS) is 11.9. The fourth-order valence-corrected chi connectivity index (χ4v) is 1.44. The largest absolute Gasteiger partial charge is 0.505 e. The quantitative estimate of drug-likeness (QED) is 0.807. The number of nitrogens with two attached hydrogens (primary N) is 1. The van der Waals surface area contributed by atoms with E-state index >= 15 is 0 Å². The molecule has 0 aliphatic rings. The summed E-state index contributed by atoms with van der Waals surface area (Å²) in [7, 11) is 0. The number of rotatable bonds is 1. The van der Waals surface area contributed by atoms with Crippen LogP contribution in [-0.2, 0) is 6.30 Å². The van der Waals surface area contributed by atoms with Crippen LogP contribution in [0.1, 0.15) is 10.5 Å². The molecule has 4 nitrogen and oxygen atoms in total. The van der Waals surface area contributed by atoms with E-state index in [4.69, 9.17) is 5.73 Å². The third-order valence-electron chi connectivity index (χ3n) is 2.06. The molecule has 16 heavy (non-hydrogen) atoms. The van der Waals surface area contributed by atoms with Crippen LogP contribution >= 0.6 is 0 Å². The third kappa shape index (κ3) is 1.50. The Bertz CT molecular complexity index is 559. The Morgan fingerprint density at radius 3 is 2.50 bits per heavy atom. The van der Waals surface area contributed by atoms with Crippen LogP contribution in [0.25, 0.3) is 10.9 Å². The molecule has 2 rings (SSSR count). The van der Waals surface area contributed by atoms with Crippen molar-refractivity contribution < 1.29 is 18.0 Å². The average Bonchev–Trinajstić information content (AvgIpc) is 2.56. The summed E-state index contributed by atoms with van der Waals surface area (Å²) < 4.78 is 37.5. The highest BCUT2D eigenvalue weighted by atomic mass is 19.4. The highest BCUT2D eigenvalue weighted by Crippen LogP contribution is 2.28. The molecule has 0 radical (unpaired) electrons. The van der Waals surface area contributed by atoms with Crippen molar-refractivity contribution in [3.05, 3.63) is 30.0 Å². The van der Waals surface area contributed by atoms with Gasteiger partial charge in [-0.05, 0) is 6.07 Å². The summed E-state index contributed by atoms with van der Waals surface area (Å²) >= 11 is 0. The first-order valence-corrected chi connectivity index (χ1v) is 4.26. The van der Waals surface area contributed by atoms with E-state index in [-0.39, 0.29) is 21.3 Å². The van der Waals surface area contributed by atoms with Crippen molar-refractivity contribution in [1.29, 1.82) is 0 Å². The molecule has 1 amide bonds. The zero-order valence-corrected chi connectivity index (χ0v) is 7.82. The lowest BCUT2D eigenvalue weighted by atomic mass is 10.2. The minimum absolute atomic E-state index is 0.0901. The summed E-state index contributed by atoms with van der Waals surface area (Å²) in [4.78, 5) is 10.9. The van der Waals surface area contributed by atoms with E-state index in [1.807, 2.05) is 0 Å². The lowest BCUT2D eigenvalue weighted by Gasteiger charge is -2.06. The molecule has 0 aliphatic heterocycles. The molecule has 0 saturated heterocycles. The molecule has 1 aromatic heterocycles. The van der Waals surface area contributed by atoms with Crippen molar-refractivity contribution >= 4 is 16.8 Å². The maximum atomic E-state index is 12.5. The molecular formula is C9H6F3N3O. The van der Waals surface area contributed by atoms with Crippen LogP contribution in [0.4, 0.5) is 13.2 Å². The number of carbonyl (C=O) groups excluding carboxylic acids is 1. The Balaban J connectivity index is 2.82. The second kappa shape index (κ2) is 3.22. The van der Waals surface area contributed by atoms with Gasteiger partial charge in [0.05, 0.1) is 5.52 Å². The molecule has 0 fully saturated rings. The van der Waals surface area contributed by atoms with Crippen LogP contribution in [0, 0.1) is 0 Å². The maximum Gasteiger partial charge on any atom is 0.505 e. The van der Waals surface area contributed by atoms with Crippen molar-refractivity contribution in [2.24, 2.45) is 5.73 Å². The van der Waals surface area contributed by atoms with Gasteiger partial charge in [-0.3, -0.25) is 4.79 Å². The van der Waals surface area contributed by atoms with Gasteiger partial charge in [-0.1, -0.05) is 18.2 Å². The zero-order valence-electron chi connectivity index (χ0n) is 7.82. The number of hydrogen-bond donors (Lipinski definition) is 1. The van der Waals surface area contributed by atoms with Gasteiger partial charge < -0.3 is 5.73 Å². The molecule has 2 N–H and O–H groups in total. The number of carbonyl (C=O) groups is 1. The number of nitrogens with zero attached hydrogens (tertiary/aromatic N) is 2. The number of primary amides is 1. The van der Waals surface area contributed by atoms with Crippen molar-refractivity contribution in [2.75, 3.05) is 0 Å². The Morgan fingerprint density at radius 1 is 1.31 bits per heavy atom. The zero-order chi connectivity index (χ0) is 11.9. The lowest BCUT2D eigenvalue weighted by Crippen LogP contribution is -2.20. The van der Waals surface area contributed by atoms with Crippen LogP contribution in [0.15, 0.2) is 24.3 Å². The number of para-hydroxylation sites is 1. The molecule has 0 atom stereocenters. The molecule has 0 unspecified atom stereocenters. The summed E-state index contributed by atoms with van der Waals surface area (Å²) in [5.74, 6) is -0.987. The number of amides is 1. The third-order valence-corrected chi connectivity index (χ3v) is 2.06. The van der Waals surface area contributed by atoms with Crippen LogP contribution in [-0.4, -0.2) is 15.7 Å². The first-order valence-electron chi connectivity index (χ1n) is 4.26. The number of hydrogen-bond acceptors (Lipinski definition) is 2. The molecule has 1 heterocycles. The van der Waals surface area contributed by atoms with Gasteiger partial charge in [-0.25, -0.2) is 0 Å². The molecule has 0 spiro atoms. The molecule has 0 aliphatic carbocycles. The van der Waals surface area contributed by atoms with Crippen LogP contribution in [0.3, 0.4) is 0 Å². The van der Waals surface area contributed by atoms with Gasteiger partial charge >= 0.3 is 6.30 Å². The summed E-state index contributed by atoms with van der Waals surface area (Å²) in [6.07, 6.45) is -4.67. The number of aromatic nitrogens is 2. The molecular weight excluding hydrogens is 223 g/mol. The standard InChI is InChI=1S/C9H6F3N3O/c10-9(11,12)15-6-4-2-1-3-5(6)7(14-15)8(13)16/h1-4H,(H2,13,16).